The number of aromatic nitrogens is 1. The van der Waals surface area contributed by atoms with E-state index in [1.54, 1.807) is 0 Å². The zero-order valence-corrected chi connectivity index (χ0v) is 11.9. The van der Waals surface area contributed by atoms with E-state index in [4.69, 9.17) is 0 Å². The van der Waals surface area contributed by atoms with Crippen LogP contribution in [0.4, 0.5) is 8.78 Å². The van der Waals surface area contributed by atoms with Gasteiger partial charge in [0.1, 0.15) is 0 Å². The molecule has 1 heterocycles. The number of rotatable bonds is 2. The fourth-order valence-corrected chi connectivity index (χ4v) is 2.89. The van der Waals surface area contributed by atoms with Crippen molar-refractivity contribution in [1.29, 1.82) is 0 Å². The van der Waals surface area contributed by atoms with Crippen molar-refractivity contribution in [1.82, 2.24) is 4.57 Å². The first-order chi connectivity index (χ1) is 10.1. The Morgan fingerprint density at radius 2 is 1.90 bits per heavy atom. The van der Waals surface area contributed by atoms with Crippen molar-refractivity contribution < 1.29 is 8.78 Å². The van der Waals surface area contributed by atoms with Crippen LogP contribution in [0.5, 0.6) is 0 Å². The highest BCUT2D eigenvalue weighted by molar-refractivity contribution is 7.16. The summed E-state index contributed by atoms with van der Waals surface area (Å²) < 4.78 is 28.9. The molecule has 0 bridgehead atoms. The second-order valence-corrected chi connectivity index (χ2v) is 5.44. The maximum absolute atomic E-state index is 13.1. The summed E-state index contributed by atoms with van der Waals surface area (Å²) in [5.41, 5.74) is 1.53. The van der Waals surface area contributed by atoms with Gasteiger partial charge in [0.15, 0.2) is 11.6 Å². The zero-order valence-electron chi connectivity index (χ0n) is 11.1. The first kappa shape index (κ1) is 13.6. The fraction of sp³-hybridized carbons (Fsp3) is 0.0667. The largest absolute Gasteiger partial charge is 0.318 e. The van der Waals surface area contributed by atoms with Gasteiger partial charge in [-0.1, -0.05) is 29.5 Å². The van der Waals surface area contributed by atoms with Gasteiger partial charge >= 0.3 is 0 Å². The minimum Gasteiger partial charge on any atom is -0.318 e. The number of fused-ring (bicyclic) bond motifs is 1. The molecule has 0 fully saturated rings. The third-order valence-corrected chi connectivity index (χ3v) is 4.11. The normalized spacial score (nSPS) is 12.6. The third kappa shape index (κ3) is 2.75. The molecule has 0 atom stereocenters. The Morgan fingerprint density at radius 1 is 1.10 bits per heavy atom. The molecule has 3 aromatic rings. The molecule has 0 N–H and O–H groups in total. The quantitative estimate of drug-likeness (QED) is 0.513. The third-order valence-electron chi connectivity index (χ3n) is 3.01. The molecule has 21 heavy (non-hydrogen) atoms. The van der Waals surface area contributed by atoms with E-state index in [-0.39, 0.29) is 0 Å². The molecule has 106 valence electrons. The van der Waals surface area contributed by atoms with E-state index in [1.807, 2.05) is 35.9 Å². The van der Waals surface area contributed by atoms with Crippen LogP contribution in [-0.2, 0) is 7.05 Å². The van der Waals surface area contributed by atoms with Crippen LogP contribution in [-0.4, -0.2) is 10.8 Å². The Hall–Kier alpha value is -2.34. The highest BCUT2D eigenvalue weighted by Crippen LogP contribution is 2.15. The standard InChI is InChI=1S/C15H11F2N3S/c1-20-13-4-2-3-5-14(13)21-15(20)19-18-9-10-6-7-11(16)12(17)8-10/h2-9H,1H3. The number of hydrogen-bond donors (Lipinski definition) is 0. The summed E-state index contributed by atoms with van der Waals surface area (Å²) in [5, 5.41) is 8.06. The maximum atomic E-state index is 13.1. The highest BCUT2D eigenvalue weighted by Gasteiger charge is 2.01. The Labute approximate surface area is 123 Å². The minimum atomic E-state index is -0.897. The molecule has 0 spiro atoms. The van der Waals surface area contributed by atoms with Gasteiger partial charge < -0.3 is 4.57 Å². The number of hydrogen-bond acceptors (Lipinski definition) is 3. The van der Waals surface area contributed by atoms with Gasteiger partial charge in [-0.25, -0.2) is 8.78 Å². The molecule has 3 rings (SSSR count). The monoisotopic (exact) mass is 303 g/mol. The van der Waals surface area contributed by atoms with Crippen LogP contribution in [0.3, 0.4) is 0 Å². The molecule has 0 radical (unpaired) electrons. The van der Waals surface area contributed by atoms with Gasteiger partial charge in [-0.15, -0.1) is 5.10 Å². The summed E-state index contributed by atoms with van der Waals surface area (Å²) in [6.45, 7) is 0. The van der Waals surface area contributed by atoms with Gasteiger partial charge in [-0.3, -0.25) is 0 Å². The molecule has 3 nitrogen and oxygen atoms in total. The molecule has 0 saturated heterocycles. The van der Waals surface area contributed by atoms with Crippen LogP contribution in [0.15, 0.2) is 52.7 Å². The lowest BCUT2D eigenvalue weighted by molar-refractivity contribution is 0.508. The molecule has 2 aromatic carbocycles. The Bertz CT molecular complexity index is 893. The number of benzene rings is 2. The predicted molar refractivity (Wildman–Crippen MR) is 80.3 cm³/mol. The van der Waals surface area contributed by atoms with Crippen molar-refractivity contribution in [2.24, 2.45) is 17.3 Å². The lowest BCUT2D eigenvalue weighted by Crippen LogP contribution is -2.08. The Morgan fingerprint density at radius 3 is 2.67 bits per heavy atom. The SMILES string of the molecule is Cn1c(=NN=Cc2ccc(F)c(F)c2)sc2ccccc21. The molecule has 0 aliphatic rings. The van der Waals surface area contributed by atoms with Gasteiger partial charge in [0.25, 0.3) is 0 Å². The second kappa shape index (κ2) is 5.57. The number of nitrogens with zero attached hydrogens (tertiary/aromatic N) is 3. The number of para-hydroxylation sites is 1. The van der Waals surface area contributed by atoms with Crippen LogP contribution in [0.25, 0.3) is 10.2 Å². The molecule has 6 heteroatoms. The minimum absolute atomic E-state index is 0.460. The first-order valence-electron chi connectivity index (χ1n) is 6.22. The lowest BCUT2D eigenvalue weighted by atomic mass is 10.2. The summed E-state index contributed by atoms with van der Waals surface area (Å²) in [7, 11) is 1.91. The predicted octanol–water partition coefficient (Wildman–Crippen LogP) is 3.45. The first-order valence-corrected chi connectivity index (χ1v) is 7.03. The van der Waals surface area contributed by atoms with Crippen molar-refractivity contribution in [3.05, 3.63) is 64.5 Å². The van der Waals surface area contributed by atoms with Gasteiger partial charge in [0.2, 0.25) is 4.80 Å². The van der Waals surface area contributed by atoms with E-state index >= 15 is 0 Å². The smallest absolute Gasteiger partial charge is 0.211 e. The average Bonchev–Trinajstić information content (AvgIpc) is 2.80. The summed E-state index contributed by atoms with van der Waals surface area (Å²) >= 11 is 1.51. The van der Waals surface area contributed by atoms with Crippen molar-refractivity contribution in [3.63, 3.8) is 0 Å². The van der Waals surface area contributed by atoms with Gasteiger partial charge in [-0.05, 0) is 29.8 Å². The van der Waals surface area contributed by atoms with Crippen molar-refractivity contribution in [3.8, 4) is 0 Å². The molecular formula is C15H11F2N3S. The number of thiazole rings is 1. The van der Waals surface area contributed by atoms with E-state index in [0.29, 0.717) is 5.56 Å². The Balaban J connectivity index is 1.95. The summed E-state index contributed by atoms with van der Waals surface area (Å²) in [4.78, 5) is 0.732. The second-order valence-electron chi connectivity index (χ2n) is 4.43. The van der Waals surface area contributed by atoms with Crippen LogP contribution >= 0.6 is 11.3 Å². The van der Waals surface area contributed by atoms with Gasteiger partial charge in [0, 0.05) is 7.05 Å². The van der Waals surface area contributed by atoms with Gasteiger partial charge in [0.05, 0.1) is 16.4 Å². The molecule has 0 amide bonds. The van der Waals surface area contributed by atoms with Crippen LogP contribution in [0.1, 0.15) is 5.56 Å². The fourth-order valence-electron chi connectivity index (χ4n) is 1.92. The average molecular weight is 303 g/mol. The van der Waals surface area contributed by atoms with E-state index < -0.39 is 11.6 Å². The van der Waals surface area contributed by atoms with E-state index in [1.165, 1.54) is 23.6 Å². The summed E-state index contributed by atoms with van der Waals surface area (Å²) in [5.74, 6) is -1.77. The van der Waals surface area contributed by atoms with Crippen LogP contribution in [0, 0.1) is 11.6 Å². The summed E-state index contributed by atoms with van der Waals surface area (Å²) in [6.07, 6.45) is 1.40. The number of halogens is 2. The lowest BCUT2D eigenvalue weighted by Gasteiger charge is -1.94. The summed E-state index contributed by atoms with van der Waals surface area (Å²) in [6, 6.07) is 11.5. The van der Waals surface area contributed by atoms with Crippen LogP contribution < -0.4 is 4.80 Å². The molecule has 0 unspecified atom stereocenters. The Kier molecular flexibility index (Phi) is 3.62. The molecular weight excluding hydrogens is 292 g/mol. The molecule has 0 aliphatic carbocycles. The van der Waals surface area contributed by atoms with Crippen molar-refractivity contribution in [2.45, 2.75) is 0 Å². The molecule has 0 saturated carbocycles. The maximum Gasteiger partial charge on any atom is 0.211 e. The molecule has 1 aromatic heterocycles. The highest BCUT2D eigenvalue weighted by atomic mass is 32.1. The zero-order chi connectivity index (χ0) is 14.8. The number of aryl methyl sites for hydroxylation is 1. The topological polar surface area (TPSA) is 29.6 Å². The molecule has 0 aliphatic heterocycles. The van der Waals surface area contributed by atoms with Gasteiger partial charge in [-0.2, -0.15) is 5.10 Å². The van der Waals surface area contributed by atoms with E-state index in [2.05, 4.69) is 10.2 Å². The van der Waals surface area contributed by atoms with E-state index in [0.717, 1.165) is 27.2 Å². The van der Waals surface area contributed by atoms with Crippen molar-refractivity contribution >= 4 is 27.8 Å². The van der Waals surface area contributed by atoms with Crippen LogP contribution in [0.2, 0.25) is 0 Å². The van der Waals surface area contributed by atoms with Crippen molar-refractivity contribution in [2.75, 3.05) is 0 Å². The van der Waals surface area contributed by atoms with E-state index in [9.17, 15) is 8.78 Å².